The summed E-state index contributed by atoms with van der Waals surface area (Å²) in [5.74, 6) is 0.136. The molecule has 0 radical (unpaired) electrons. The first-order valence-corrected chi connectivity index (χ1v) is 10.3. The normalized spacial score (nSPS) is 10.3. The third kappa shape index (κ3) is 6.04. The van der Waals surface area contributed by atoms with Crippen molar-refractivity contribution in [2.24, 2.45) is 0 Å². The number of carbonyl (C=O) groups is 3. The Hall–Kier alpha value is -3.93. The van der Waals surface area contributed by atoms with Crippen LogP contribution in [0.2, 0.25) is 0 Å². The Balaban J connectivity index is 1.50. The van der Waals surface area contributed by atoms with Gasteiger partial charge in [0, 0.05) is 35.3 Å². The molecule has 0 fully saturated rings. The Morgan fingerprint density at radius 2 is 1.31 bits per heavy atom. The summed E-state index contributed by atoms with van der Waals surface area (Å²) in [7, 11) is 1.58. The molecule has 0 aliphatic rings. The van der Waals surface area contributed by atoms with Gasteiger partial charge >= 0.3 is 0 Å². The minimum absolute atomic E-state index is 0.0613. The van der Waals surface area contributed by atoms with E-state index >= 15 is 0 Å². The molecule has 2 N–H and O–H groups in total. The topological polar surface area (TPSA) is 84.5 Å². The highest BCUT2D eigenvalue weighted by Gasteiger charge is 2.11. The van der Waals surface area contributed by atoms with Gasteiger partial charge in [-0.05, 0) is 79.6 Å². The third-order valence-electron chi connectivity index (χ3n) is 5.19. The summed E-state index contributed by atoms with van der Waals surface area (Å²) in [6, 6.07) is 19.2. The van der Waals surface area contributed by atoms with Gasteiger partial charge in [0.25, 0.3) is 5.91 Å². The molecule has 0 aliphatic heterocycles. The fourth-order valence-corrected chi connectivity index (χ4v) is 3.09. The zero-order valence-electron chi connectivity index (χ0n) is 18.4. The largest absolute Gasteiger partial charge is 0.497 e. The van der Waals surface area contributed by atoms with Gasteiger partial charge in [0.1, 0.15) is 5.75 Å². The number of ether oxygens (including phenoxy) is 1. The number of amides is 2. The quantitative estimate of drug-likeness (QED) is 0.483. The summed E-state index contributed by atoms with van der Waals surface area (Å²) in [4.78, 5) is 37.0. The Morgan fingerprint density at radius 3 is 1.94 bits per heavy atom. The minimum Gasteiger partial charge on any atom is -0.497 e. The molecular weight excluding hydrogens is 404 g/mol. The number of nitrogens with one attached hydrogen (secondary N) is 2. The van der Waals surface area contributed by atoms with Gasteiger partial charge in [-0.15, -0.1) is 0 Å². The number of ketones is 1. The molecule has 3 aromatic carbocycles. The number of hydrogen-bond acceptors (Lipinski definition) is 4. The molecule has 0 heterocycles. The second-order valence-corrected chi connectivity index (χ2v) is 7.53. The van der Waals surface area contributed by atoms with Gasteiger partial charge < -0.3 is 15.4 Å². The molecule has 3 aromatic rings. The zero-order chi connectivity index (χ0) is 23.1. The van der Waals surface area contributed by atoms with Crippen molar-refractivity contribution in [3.05, 3.63) is 89.0 Å². The summed E-state index contributed by atoms with van der Waals surface area (Å²) in [5.41, 5.74) is 4.48. The van der Waals surface area contributed by atoms with Crippen molar-refractivity contribution >= 4 is 29.0 Å². The van der Waals surface area contributed by atoms with Crippen LogP contribution in [-0.2, 0) is 4.79 Å². The van der Waals surface area contributed by atoms with Crippen molar-refractivity contribution in [3.8, 4) is 5.75 Å². The molecule has 0 saturated carbocycles. The van der Waals surface area contributed by atoms with E-state index in [1.807, 2.05) is 26.0 Å². The van der Waals surface area contributed by atoms with Gasteiger partial charge in [0.05, 0.1) is 7.11 Å². The number of Topliss-reactive ketones (excluding diaryl/α,β-unsaturated/α-hetero) is 1. The molecule has 6 heteroatoms. The molecule has 0 spiro atoms. The van der Waals surface area contributed by atoms with E-state index in [4.69, 9.17) is 4.74 Å². The first kappa shape index (κ1) is 22.7. The lowest BCUT2D eigenvalue weighted by Crippen LogP contribution is -2.14. The van der Waals surface area contributed by atoms with Crippen LogP contribution in [0, 0.1) is 13.8 Å². The zero-order valence-corrected chi connectivity index (χ0v) is 18.4. The minimum atomic E-state index is -0.257. The number of hydrogen-bond donors (Lipinski definition) is 2. The highest BCUT2D eigenvalue weighted by atomic mass is 16.5. The van der Waals surface area contributed by atoms with E-state index in [9.17, 15) is 14.4 Å². The number of rotatable bonds is 8. The number of benzene rings is 3. The van der Waals surface area contributed by atoms with Crippen molar-refractivity contribution in [2.75, 3.05) is 17.7 Å². The smallest absolute Gasteiger partial charge is 0.255 e. The summed E-state index contributed by atoms with van der Waals surface area (Å²) in [6.07, 6.45) is 0.224. The SMILES string of the molecule is COc1ccc(NC(=O)c2ccc(NC(=O)CCC(=O)c3ccc(C)c(C)c3)cc2)cc1. The predicted molar refractivity (Wildman–Crippen MR) is 125 cm³/mol. The monoisotopic (exact) mass is 430 g/mol. The van der Waals surface area contributed by atoms with Crippen LogP contribution >= 0.6 is 0 Å². The van der Waals surface area contributed by atoms with Crippen LogP contribution in [0.25, 0.3) is 0 Å². The summed E-state index contributed by atoms with van der Waals surface area (Å²) in [6.45, 7) is 3.95. The Kier molecular flexibility index (Phi) is 7.39. The molecule has 0 bridgehead atoms. The van der Waals surface area contributed by atoms with Gasteiger partial charge in [-0.3, -0.25) is 14.4 Å². The lowest BCUT2D eigenvalue weighted by Gasteiger charge is -2.08. The van der Waals surface area contributed by atoms with Crippen LogP contribution in [0.3, 0.4) is 0 Å². The Morgan fingerprint density at radius 1 is 0.719 bits per heavy atom. The molecule has 164 valence electrons. The lowest BCUT2D eigenvalue weighted by atomic mass is 10.0. The molecule has 2 amide bonds. The number of aryl methyl sites for hydroxylation is 2. The van der Waals surface area contributed by atoms with E-state index in [0.29, 0.717) is 28.3 Å². The fraction of sp³-hybridized carbons (Fsp3) is 0.192. The third-order valence-corrected chi connectivity index (χ3v) is 5.19. The van der Waals surface area contributed by atoms with Crippen molar-refractivity contribution in [1.82, 2.24) is 0 Å². The summed E-state index contributed by atoms with van der Waals surface area (Å²) < 4.78 is 5.10. The van der Waals surface area contributed by atoms with Crippen LogP contribution in [-0.4, -0.2) is 24.7 Å². The van der Waals surface area contributed by atoms with Gasteiger partial charge in [-0.25, -0.2) is 0 Å². The van der Waals surface area contributed by atoms with E-state index in [0.717, 1.165) is 11.1 Å². The molecule has 0 aliphatic carbocycles. The molecular formula is C26H26N2O4. The maximum absolute atomic E-state index is 12.4. The van der Waals surface area contributed by atoms with Crippen LogP contribution in [0.15, 0.2) is 66.7 Å². The van der Waals surface area contributed by atoms with Crippen molar-refractivity contribution in [3.63, 3.8) is 0 Å². The summed E-state index contributed by atoms with van der Waals surface area (Å²) >= 11 is 0. The van der Waals surface area contributed by atoms with Crippen molar-refractivity contribution < 1.29 is 19.1 Å². The Labute approximate surface area is 187 Å². The highest BCUT2D eigenvalue weighted by molar-refractivity contribution is 6.05. The lowest BCUT2D eigenvalue weighted by molar-refractivity contribution is -0.116. The first-order chi connectivity index (χ1) is 15.4. The van der Waals surface area contributed by atoms with Gasteiger partial charge in [0.15, 0.2) is 5.78 Å². The standard InChI is InChI=1S/C26H26N2O4/c1-17-4-5-20(16-18(17)2)24(29)14-15-25(30)27-21-8-6-19(7-9-21)26(31)28-22-10-12-23(32-3)13-11-22/h4-13,16H,14-15H2,1-3H3,(H,27,30)(H,28,31). The van der Waals surface area contributed by atoms with Crippen molar-refractivity contribution in [1.29, 1.82) is 0 Å². The number of carbonyl (C=O) groups excluding carboxylic acids is 3. The molecule has 0 aromatic heterocycles. The van der Waals surface area contributed by atoms with E-state index in [1.165, 1.54) is 0 Å². The van der Waals surface area contributed by atoms with E-state index in [2.05, 4.69) is 10.6 Å². The average molecular weight is 431 g/mol. The van der Waals surface area contributed by atoms with E-state index in [1.54, 1.807) is 61.7 Å². The van der Waals surface area contributed by atoms with Gasteiger partial charge in [-0.1, -0.05) is 12.1 Å². The number of anilines is 2. The van der Waals surface area contributed by atoms with E-state index < -0.39 is 0 Å². The predicted octanol–water partition coefficient (Wildman–Crippen LogP) is 5.17. The second-order valence-electron chi connectivity index (χ2n) is 7.53. The first-order valence-electron chi connectivity index (χ1n) is 10.3. The molecule has 0 unspecified atom stereocenters. The molecule has 0 saturated heterocycles. The van der Waals surface area contributed by atoms with E-state index in [-0.39, 0.29) is 30.4 Å². The van der Waals surface area contributed by atoms with Crippen LogP contribution in [0.1, 0.15) is 44.7 Å². The average Bonchev–Trinajstić information content (AvgIpc) is 2.80. The van der Waals surface area contributed by atoms with Crippen LogP contribution < -0.4 is 15.4 Å². The number of methoxy groups -OCH3 is 1. The molecule has 6 nitrogen and oxygen atoms in total. The Bertz CT molecular complexity index is 1120. The maximum atomic E-state index is 12.4. The van der Waals surface area contributed by atoms with Crippen molar-refractivity contribution in [2.45, 2.75) is 26.7 Å². The summed E-state index contributed by atoms with van der Waals surface area (Å²) in [5, 5.41) is 5.57. The second kappa shape index (κ2) is 10.4. The molecule has 3 rings (SSSR count). The molecule has 0 atom stereocenters. The van der Waals surface area contributed by atoms with Crippen LogP contribution in [0.5, 0.6) is 5.75 Å². The highest BCUT2D eigenvalue weighted by Crippen LogP contribution is 2.17. The fourth-order valence-electron chi connectivity index (χ4n) is 3.09. The maximum Gasteiger partial charge on any atom is 0.255 e. The molecule has 32 heavy (non-hydrogen) atoms. The van der Waals surface area contributed by atoms with Gasteiger partial charge in [-0.2, -0.15) is 0 Å². The van der Waals surface area contributed by atoms with Gasteiger partial charge in [0.2, 0.25) is 5.91 Å². The van der Waals surface area contributed by atoms with Crippen LogP contribution in [0.4, 0.5) is 11.4 Å².